The quantitative estimate of drug-likeness (QED) is 0.460. The molecule has 0 aromatic heterocycles. The Bertz CT molecular complexity index is 447. The average molecular weight is 351 g/mol. The summed E-state index contributed by atoms with van der Waals surface area (Å²) in [6.45, 7) is 9.79. The van der Waals surface area contributed by atoms with Crippen LogP contribution in [0.15, 0.2) is 12.2 Å². The van der Waals surface area contributed by atoms with E-state index < -0.39 is 0 Å². The molecule has 0 N–H and O–H groups in total. The predicted molar refractivity (Wildman–Crippen MR) is 104 cm³/mol. The van der Waals surface area contributed by atoms with Gasteiger partial charge in [-0.3, -0.25) is 9.59 Å². The van der Waals surface area contributed by atoms with Crippen LogP contribution in [0.4, 0.5) is 0 Å². The SMILES string of the molecule is CCCCC/C=C\C(C)C(C)N(C)C(=O)[C@@H]1CCCN(C(=O)CC)C1. The molecule has 1 aliphatic rings. The van der Waals surface area contributed by atoms with Crippen molar-refractivity contribution >= 4 is 11.8 Å². The number of carbonyl (C=O) groups excluding carboxylic acids is 2. The second kappa shape index (κ2) is 11.3. The lowest BCUT2D eigenvalue weighted by molar-refractivity contribution is -0.141. The van der Waals surface area contributed by atoms with Crippen LogP contribution >= 0.6 is 0 Å². The molecule has 25 heavy (non-hydrogen) atoms. The van der Waals surface area contributed by atoms with Gasteiger partial charge in [-0.1, -0.05) is 45.8 Å². The van der Waals surface area contributed by atoms with Gasteiger partial charge in [-0.15, -0.1) is 0 Å². The van der Waals surface area contributed by atoms with Crippen molar-refractivity contribution in [1.29, 1.82) is 0 Å². The van der Waals surface area contributed by atoms with Crippen molar-refractivity contribution in [2.45, 2.75) is 78.7 Å². The van der Waals surface area contributed by atoms with Gasteiger partial charge in [0.05, 0.1) is 5.92 Å². The van der Waals surface area contributed by atoms with Crippen LogP contribution in [0, 0.1) is 11.8 Å². The fourth-order valence-corrected chi connectivity index (χ4v) is 3.45. The standard InChI is InChI=1S/C21H38N2O2/c1-6-8-9-10-11-13-17(3)18(4)22(5)21(25)19-14-12-15-23(16-19)20(24)7-2/h11,13,17-19H,6-10,12,14-16H2,1-5H3/b13-11-/t17?,18?,19-/m1/s1. The highest BCUT2D eigenvalue weighted by molar-refractivity contribution is 5.81. The summed E-state index contributed by atoms with van der Waals surface area (Å²) >= 11 is 0. The Morgan fingerprint density at radius 3 is 2.60 bits per heavy atom. The number of amides is 2. The Hall–Kier alpha value is -1.32. The average Bonchev–Trinajstić information content (AvgIpc) is 2.65. The Kier molecular flexibility index (Phi) is 9.84. The van der Waals surface area contributed by atoms with Crippen molar-refractivity contribution < 1.29 is 9.59 Å². The molecule has 0 aliphatic carbocycles. The minimum absolute atomic E-state index is 0.0440. The molecule has 0 aromatic rings. The summed E-state index contributed by atoms with van der Waals surface area (Å²) in [4.78, 5) is 28.6. The van der Waals surface area contributed by atoms with Gasteiger partial charge in [-0.25, -0.2) is 0 Å². The highest BCUT2D eigenvalue weighted by atomic mass is 16.2. The minimum atomic E-state index is -0.0440. The second-order valence-electron chi connectivity index (χ2n) is 7.51. The van der Waals surface area contributed by atoms with Gasteiger partial charge < -0.3 is 9.80 Å². The molecule has 0 saturated carbocycles. The summed E-state index contributed by atoms with van der Waals surface area (Å²) in [5, 5.41) is 0. The number of piperidine rings is 1. The molecule has 1 heterocycles. The van der Waals surface area contributed by atoms with E-state index in [9.17, 15) is 9.59 Å². The van der Waals surface area contributed by atoms with Crippen molar-refractivity contribution in [3.63, 3.8) is 0 Å². The number of carbonyl (C=O) groups is 2. The maximum absolute atomic E-state index is 12.9. The molecule has 1 aliphatic heterocycles. The van der Waals surface area contributed by atoms with Gasteiger partial charge in [0.25, 0.3) is 0 Å². The lowest BCUT2D eigenvalue weighted by atomic mass is 9.94. The highest BCUT2D eigenvalue weighted by Gasteiger charge is 2.31. The van der Waals surface area contributed by atoms with Crippen molar-refractivity contribution in [3.05, 3.63) is 12.2 Å². The molecule has 2 unspecified atom stereocenters. The summed E-state index contributed by atoms with van der Waals surface area (Å²) in [6, 6.07) is 0.173. The molecule has 0 bridgehead atoms. The van der Waals surface area contributed by atoms with Gasteiger partial charge in [-0.2, -0.15) is 0 Å². The lowest BCUT2D eigenvalue weighted by Gasteiger charge is -2.36. The maximum Gasteiger partial charge on any atom is 0.227 e. The Morgan fingerprint density at radius 2 is 1.96 bits per heavy atom. The molecular weight excluding hydrogens is 312 g/mol. The maximum atomic E-state index is 12.9. The molecule has 144 valence electrons. The van der Waals surface area contributed by atoms with Gasteiger partial charge in [0, 0.05) is 32.6 Å². The number of nitrogens with zero attached hydrogens (tertiary/aromatic N) is 2. The second-order valence-corrected chi connectivity index (χ2v) is 7.51. The van der Waals surface area contributed by atoms with Crippen LogP contribution in [0.1, 0.15) is 72.6 Å². The van der Waals surface area contributed by atoms with E-state index in [2.05, 4.69) is 32.9 Å². The van der Waals surface area contributed by atoms with Gasteiger partial charge >= 0.3 is 0 Å². The molecular formula is C21H38N2O2. The predicted octanol–water partition coefficient (Wildman–Crippen LogP) is 4.25. The largest absolute Gasteiger partial charge is 0.342 e. The van der Waals surface area contributed by atoms with Gasteiger partial charge in [-0.05, 0) is 38.5 Å². The fourth-order valence-electron chi connectivity index (χ4n) is 3.45. The third-order valence-corrected chi connectivity index (χ3v) is 5.56. The van der Waals surface area contributed by atoms with Crippen LogP contribution < -0.4 is 0 Å². The van der Waals surface area contributed by atoms with E-state index >= 15 is 0 Å². The monoisotopic (exact) mass is 350 g/mol. The Balaban J connectivity index is 2.54. The van der Waals surface area contributed by atoms with Gasteiger partial charge in [0.2, 0.25) is 11.8 Å². The topological polar surface area (TPSA) is 40.6 Å². The highest BCUT2D eigenvalue weighted by Crippen LogP contribution is 2.22. The lowest BCUT2D eigenvalue weighted by Crippen LogP contribution is -2.48. The first-order chi connectivity index (χ1) is 11.9. The normalized spacial score (nSPS) is 20.5. The Morgan fingerprint density at radius 1 is 1.24 bits per heavy atom. The molecule has 3 atom stereocenters. The molecule has 4 heteroatoms. The van der Waals surface area contributed by atoms with Crippen LogP contribution in [0.25, 0.3) is 0 Å². The number of hydrogen-bond acceptors (Lipinski definition) is 2. The van der Waals surface area contributed by atoms with Crippen LogP contribution in [0.2, 0.25) is 0 Å². The summed E-state index contributed by atoms with van der Waals surface area (Å²) in [6.07, 6.45) is 11.7. The first kappa shape index (κ1) is 21.7. The first-order valence-electron chi connectivity index (χ1n) is 10.1. The van der Waals surface area contributed by atoms with E-state index in [1.807, 2.05) is 23.8 Å². The number of allylic oxidation sites excluding steroid dienone is 1. The molecule has 1 saturated heterocycles. The molecule has 2 amide bonds. The zero-order chi connectivity index (χ0) is 18.8. The third-order valence-electron chi connectivity index (χ3n) is 5.56. The van der Waals surface area contributed by atoms with E-state index in [-0.39, 0.29) is 23.8 Å². The smallest absolute Gasteiger partial charge is 0.227 e. The number of unbranched alkanes of at least 4 members (excludes halogenated alkanes) is 3. The van der Waals surface area contributed by atoms with Gasteiger partial charge in [0.1, 0.15) is 0 Å². The third kappa shape index (κ3) is 6.83. The fraction of sp³-hybridized carbons (Fsp3) is 0.810. The first-order valence-corrected chi connectivity index (χ1v) is 10.1. The number of rotatable bonds is 9. The molecule has 0 radical (unpaired) electrons. The Labute approximate surface area is 154 Å². The summed E-state index contributed by atoms with van der Waals surface area (Å²) in [5.74, 6) is 0.647. The van der Waals surface area contributed by atoms with Crippen molar-refractivity contribution in [3.8, 4) is 0 Å². The summed E-state index contributed by atoms with van der Waals surface area (Å²) in [5.41, 5.74) is 0. The van der Waals surface area contributed by atoms with Crippen LogP contribution in [0.5, 0.6) is 0 Å². The molecule has 0 spiro atoms. The zero-order valence-electron chi connectivity index (χ0n) is 17.0. The van der Waals surface area contributed by atoms with E-state index in [1.54, 1.807) is 0 Å². The number of hydrogen-bond donors (Lipinski definition) is 0. The van der Waals surface area contributed by atoms with E-state index in [1.165, 1.54) is 19.3 Å². The summed E-state index contributed by atoms with van der Waals surface area (Å²) < 4.78 is 0. The van der Waals surface area contributed by atoms with E-state index in [4.69, 9.17) is 0 Å². The van der Waals surface area contributed by atoms with Crippen LogP contribution in [-0.2, 0) is 9.59 Å². The molecule has 1 fully saturated rings. The molecule has 1 rings (SSSR count). The van der Waals surface area contributed by atoms with Gasteiger partial charge in [0.15, 0.2) is 0 Å². The molecule has 4 nitrogen and oxygen atoms in total. The zero-order valence-corrected chi connectivity index (χ0v) is 17.0. The van der Waals surface area contributed by atoms with Crippen molar-refractivity contribution in [2.75, 3.05) is 20.1 Å². The molecule has 0 aromatic carbocycles. The number of likely N-dealkylation sites (tertiary alicyclic amines) is 1. The van der Waals surface area contributed by atoms with E-state index in [0.29, 0.717) is 18.9 Å². The van der Waals surface area contributed by atoms with E-state index in [0.717, 1.165) is 25.8 Å². The van der Waals surface area contributed by atoms with Crippen molar-refractivity contribution in [1.82, 2.24) is 9.80 Å². The summed E-state index contributed by atoms with van der Waals surface area (Å²) in [7, 11) is 1.91. The van der Waals surface area contributed by atoms with Crippen LogP contribution in [-0.4, -0.2) is 47.8 Å². The van der Waals surface area contributed by atoms with Crippen LogP contribution in [0.3, 0.4) is 0 Å². The minimum Gasteiger partial charge on any atom is -0.342 e. The van der Waals surface area contributed by atoms with Crippen molar-refractivity contribution in [2.24, 2.45) is 11.8 Å².